The molecule has 27 heavy (non-hydrogen) atoms. The first-order chi connectivity index (χ1) is 12.9. The van der Waals surface area contributed by atoms with Crippen molar-refractivity contribution < 1.29 is 4.79 Å². The van der Waals surface area contributed by atoms with Crippen molar-refractivity contribution in [3.05, 3.63) is 73.9 Å². The Bertz CT molecular complexity index is 1310. The first kappa shape index (κ1) is 16.8. The van der Waals surface area contributed by atoms with Crippen LogP contribution < -0.4 is 16.4 Å². The van der Waals surface area contributed by atoms with E-state index in [1.165, 1.54) is 6.07 Å². The van der Waals surface area contributed by atoms with Gasteiger partial charge < -0.3 is 15.3 Å². The molecule has 0 saturated heterocycles. The van der Waals surface area contributed by atoms with Crippen LogP contribution in [0.2, 0.25) is 0 Å². The van der Waals surface area contributed by atoms with Crippen LogP contribution in [-0.4, -0.2) is 25.7 Å². The molecule has 0 aliphatic heterocycles. The molecule has 8 heteroatoms. The molecule has 0 bridgehead atoms. The van der Waals surface area contributed by atoms with E-state index < -0.39 is 11.1 Å². The van der Waals surface area contributed by atoms with Gasteiger partial charge in [-0.15, -0.1) is 0 Å². The van der Waals surface area contributed by atoms with Crippen LogP contribution in [0.4, 0.5) is 0 Å². The van der Waals surface area contributed by atoms with Crippen LogP contribution >= 0.6 is 0 Å². The highest BCUT2D eigenvalue weighted by Crippen LogP contribution is 2.19. The summed E-state index contributed by atoms with van der Waals surface area (Å²) in [4.78, 5) is 40.3. The van der Waals surface area contributed by atoms with Crippen molar-refractivity contribution in [2.45, 2.75) is 13.5 Å². The Labute approximate surface area is 152 Å². The molecular formula is C19H17N5O3. The Hall–Kier alpha value is -3.68. The van der Waals surface area contributed by atoms with Gasteiger partial charge in [0.1, 0.15) is 0 Å². The summed E-state index contributed by atoms with van der Waals surface area (Å²) in [5.74, 6) is -0.296. The summed E-state index contributed by atoms with van der Waals surface area (Å²) in [6.07, 6.45) is 0. The molecule has 0 spiro atoms. The van der Waals surface area contributed by atoms with E-state index in [0.29, 0.717) is 16.6 Å². The summed E-state index contributed by atoms with van der Waals surface area (Å²) in [6, 6.07) is 10.8. The standard InChI is InChI=1S/C19H17N5O3/c1-10-3-6-16-12(7-10)15(23-24(16)2)9-20-17(25)11-4-5-13-14(8-11)22-19(27)18(26)21-13/h3-8H,9H2,1-2H3,(H,20,25)(H,21,26)(H,22,27). The number of rotatable bonds is 3. The molecule has 0 saturated carbocycles. The molecule has 4 rings (SSSR count). The van der Waals surface area contributed by atoms with Gasteiger partial charge in [0.2, 0.25) is 0 Å². The van der Waals surface area contributed by atoms with Crippen LogP contribution in [0.5, 0.6) is 0 Å². The van der Waals surface area contributed by atoms with Gasteiger partial charge in [-0.25, -0.2) is 0 Å². The first-order valence-corrected chi connectivity index (χ1v) is 8.39. The molecule has 2 aromatic carbocycles. The van der Waals surface area contributed by atoms with Crippen LogP contribution in [0.1, 0.15) is 21.6 Å². The molecule has 136 valence electrons. The number of fused-ring (bicyclic) bond motifs is 2. The van der Waals surface area contributed by atoms with Gasteiger partial charge in [-0.2, -0.15) is 5.10 Å². The molecule has 0 fully saturated rings. The SMILES string of the molecule is Cc1ccc2c(c1)c(CNC(=O)c1ccc3[nH]c(=O)c(=O)[nH]c3c1)nn2C. The van der Waals surface area contributed by atoms with Gasteiger partial charge in [0.15, 0.2) is 0 Å². The second-order valence-corrected chi connectivity index (χ2v) is 6.44. The van der Waals surface area contributed by atoms with Gasteiger partial charge in [-0.05, 0) is 37.3 Å². The van der Waals surface area contributed by atoms with E-state index in [2.05, 4.69) is 20.4 Å². The number of hydrogen-bond donors (Lipinski definition) is 3. The highest BCUT2D eigenvalue weighted by molar-refractivity contribution is 5.97. The van der Waals surface area contributed by atoms with E-state index in [-0.39, 0.29) is 12.5 Å². The summed E-state index contributed by atoms with van der Waals surface area (Å²) in [5, 5.41) is 8.33. The van der Waals surface area contributed by atoms with E-state index in [9.17, 15) is 14.4 Å². The third-order valence-corrected chi connectivity index (χ3v) is 4.48. The molecule has 8 nitrogen and oxygen atoms in total. The van der Waals surface area contributed by atoms with Crippen LogP contribution in [-0.2, 0) is 13.6 Å². The minimum Gasteiger partial charge on any atom is -0.346 e. The molecule has 0 aliphatic rings. The van der Waals surface area contributed by atoms with Crippen molar-refractivity contribution in [3.63, 3.8) is 0 Å². The fraction of sp³-hybridized carbons (Fsp3) is 0.158. The number of aromatic amines is 2. The van der Waals surface area contributed by atoms with Gasteiger partial charge in [-0.1, -0.05) is 11.6 Å². The van der Waals surface area contributed by atoms with Crippen molar-refractivity contribution in [3.8, 4) is 0 Å². The Morgan fingerprint density at radius 3 is 2.59 bits per heavy atom. The largest absolute Gasteiger partial charge is 0.346 e. The number of carbonyl (C=O) groups excluding carboxylic acids is 1. The monoisotopic (exact) mass is 363 g/mol. The zero-order chi connectivity index (χ0) is 19.1. The third kappa shape index (κ3) is 3.01. The maximum atomic E-state index is 12.5. The molecule has 0 atom stereocenters. The van der Waals surface area contributed by atoms with Gasteiger partial charge >= 0.3 is 11.1 Å². The van der Waals surface area contributed by atoms with E-state index in [4.69, 9.17) is 0 Å². The number of nitrogens with one attached hydrogen (secondary N) is 3. The lowest BCUT2D eigenvalue weighted by molar-refractivity contribution is 0.0950. The van der Waals surface area contributed by atoms with Crippen LogP contribution in [0, 0.1) is 6.92 Å². The summed E-state index contributed by atoms with van der Waals surface area (Å²) < 4.78 is 1.79. The van der Waals surface area contributed by atoms with Crippen molar-refractivity contribution in [1.82, 2.24) is 25.1 Å². The molecule has 0 aliphatic carbocycles. The molecule has 1 amide bonds. The zero-order valence-corrected chi connectivity index (χ0v) is 14.8. The van der Waals surface area contributed by atoms with E-state index in [0.717, 1.165) is 22.2 Å². The molecule has 2 aromatic heterocycles. The topological polar surface area (TPSA) is 113 Å². The molecule has 2 heterocycles. The number of aromatic nitrogens is 4. The predicted molar refractivity (Wildman–Crippen MR) is 102 cm³/mol. The normalized spacial score (nSPS) is 11.2. The second-order valence-electron chi connectivity index (χ2n) is 6.44. The van der Waals surface area contributed by atoms with Crippen molar-refractivity contribution >= 4 is 27.8 Å². The highest BCUT2D eigenvalue weighted by Gasteiger charge is 2.12. The summed E-state index contributed by atoms with van der Waals surface area (Å²) in [7, 11) is 1.86. The number of hydrogen-bond acceptors (Lipinski definition) is 4. The molecule has 3 N–H and O–H groups in total. The lowest BCUT2D eigenvalue weighted by Gasteiger charge is -2.05. The van der Waals surface area contributed by atoms with Crippen molar-refractivity contribution in [2.24, 2.45) is 7.05 Å². The lowest BCUT2D eigenvalue weighted by atomic mass is 10.1. The van der Waals surface area contributed by atoms with E-state index >= 15 is 0 Å². The number of benzene rings is 2. The fourth-order valence-corrected chi connectivity index (χ4v) is 3.10. The first-order valence-electron chi connectivity index (χ1n) is 8.39. The second kappa shape index (κ2) is 6.24. The number of H-pyrrole nitrogens is 2. The Morgan fingerprint density at radius 1 is 1.07 bits per heavy atom. The maximum Gasteiger partial charge on any atom is 0.314 e. The smallest absolute Gasteiger partial charge is 0.314 e. The lowest BCUT2D eigenvalue weighted by Crippen LogP contribution is -2.29. The van der Waals surface area contributed by atoms with Gasteiger partial charge in [0.25, 0.3) is 5.91 Å². The summed E-state index contributed by atoms with van der Waals surface area (Å²) in [5.41, 5.74) is 2.65. The Balaban J connectivity index is 1.60. The molecule has 0 radical (unpaired) electrons. The minimum absolute atomic E-state index is 0.278. The Morgan fingerprint density at radius 2 is 1.81 bits per heavy atom. The fourth-order valence-electron chi connectivity index (χ4n) is 3.10. The molecule has 0 unspecified atom stereocenters. The van der Waals surface area contributed by atoms with E-state index in [1.807, 2.05) is 32.2 Å². The number of nitrogens with zero attached hydrogens (tertiary/aromatic N) is 2. The van der Waals surface area contributed by atoms with Gasteiger partial charge in [-0.3, -0.25) is 19.1 Å². The average molecular weight is 363 g/mol. The van der Waals surface area contributed by atoms with E-state index in [1.54, 1.807) is 16.8 Å². The average Bonchev–Trinajstić information content (AvgIpc) is 2.95. The predicted octanol–water partition coefficient (Wildman–Crippen LogP) is 1.34. The maximum absolute atomic E-state index is 12.5. The Kier molecular flexibility index (Phi) is 3.88. The van der Waals surface area contributed by atoms with Gasteiger partial charge in [0.05, 0.1) is 28.8 Å². The van der Waals surface area contributed by atoms with Crippen molar-refractivity contribution in [2.75, 3.05) is 0 Å². The third-order valence-electron chi connectivity index (χ3n) is 4.48. The summed E-state index contributed by atoms with van der Waals surface area (Å²) in [6.45, 7) is 2.29. The van der Waals surface area contributed by atoms with Crippen LogP contribution in [0.15, 0.2) is 46.0 Å². The molecule has 4 aromatic rings. The van der Waals surface area contributed by atoms with Crippen molar-refractivity contribution in [1.29, 1.82) is 0 Å². The minimum atomic E-state index is -0.754. The molecular weight excluding hydrogens is 346 g/mol. The van der Waals surface area contributed by atoms with Gasteiger partial charge in [0, 0.05) is 18.0 Å². The van der Waals surface area contributed by atoms with Crippen LogP contribution in [0.25, 0.3) is 21.9 Å². The number of carbonyl (C=O) groups is 1. The van der Waals surface area contributed by atoms with Crippen LogP contribution in [0.3, 0.4) is 0 Å². The highest BCUT2D eigenvalue weighted by atomic mass is 16.2. The summed E-state index contributed by atoms with van der Waals surface area (Å²) >= 11 is 0. The quantitative estimate of drug-likeness (QED) is 0.477. The number of amides is 1. The number of aryl methyl sites for hydroxylation is 2. The zero-order valence-electron chi connectivity index (χ0n) is 14.8.